The maximum absolute atomic E-state index is 12.0. The maximum Gasteiger partial charge on any atom is 0.419 e. The highest BCUT2D eigenvalue weighted by atomic mass is 32.1. The zero-order valence-corrected chi connectivity index (χ0v) is 16.5. The minimum Gasteiger partial charge on any atom is -0.395 e. The number of anilines is 1. The molecule has 4 aromatic rings. The average Bonchev–Trinajstić information content (AvgIpc) is 3.36. The Kier molecular flexibility index (Phi) is 5.04. The molecule has 0 aliphatic heterocycles. The van der Waals surface area contributed by atoms with Crippen LogP contribution in [-0.4, -0.2) is 30.0 Å². The highest BCUT2D eigenvalue weighted by Crippen LogP contribution is 2.30. The van der Waals surface area contributed by atoms with Crippen molar-refractivity contribution in [3.05, 3.63) is 54.1 Å². The van der Waals surface area contributed by atoms with Gasteiger partial charge in [0.1, 0.15) is 5.69 Å². The monoisotopic (exact) mass is 410 g/mol. The summed E-state index contributed by atoms with van der Waals surface area (Å²) < 4.78 is 13.0. The van der Waals surface area contributed by atoms with Crippen LogP contribution < -0.4 is 10.1 Å². The standard InChI is InChI=1S/C18H14N6O2S2/c1-10-3-4-12(15-5-6-21-27-15)7-13(10)14-8-20-16(9-19-14)22-18(25)26-17-11(2)23-24-28-17/h3-9H,1-2H3,(H,20,22,25). The number of aryl methyl sites for hydroxylation is 2. The second-order valence-corrected chi connectivity index (χ2v) is 7.40. The third-order valence-corrected chi connectivity index (χ3v) is 5.42. The molecule has 0 unspecified atom stereocenters. The molecule has 10 heteroatoms. The Balaban J connectivity index is 1.51. The summed E-state index contributed by atoms with van der Waals surface area (Å²) in [7, 11) is 0. The first-order valence-electron chi connectivity index (χ1n) is 8.22. The summed E-state index contributed by atoms with van der Waals surface area (Å²) in [4.78, 5) is 21.7. The summed E-state index contributed by atoms with van der Waals surface area (Å²) in [5.74, 6) is 0.292. The van der Waals surface area contributed by atoms with Gasteiger partial charge in [-0.3, -0.25) is 10.3 Å². The molecule has 1 amide bonds. The van der Waals surface area contributed by atoms with Crippen molar-refractivity contribution in [1.82, 2.24) is 23.9 Å². The number of hydrogen-bond donors (Lipinski definition) is 1. The average molecular weight is 410 g/mol. The van der Waals surface area contributed by atoms with E-state index in [0.29, 0.717) is 22.3 Å². The molecule has 3 heterocycles. The van der Waals surface area contributed by atoms with Crippen LogP contribution in [0.3, 0.4) is 0 Å². The molecule has 0 aliphatic rings. The summed E-state index contributed by atoms with van der Waals surface area (Å²) in [5, 5.41) is 6.68. The van der Waals surface area contributed by atoms with E-state index in [1.54, 1.807) is 19.3 Å². The van der Waals surface area contributed by atoms with E-state index in [4.69, 9.17) is 4.74 Å². The summed E-state index contributed by atoms with van der Waals surface area (Å²) in [6, 6.07) is 8.14. The van der Waals surface area contributed by atoms with Gasteiger partial charge in [0.15, 0.2) is 5.82 Å². The lowest BCUT2D eigenvalue weighted by Gasteiger charge is -2.08. The minimum absolute atomic E-state index is 0.292. The first-order chi connectivity index (χ1) is 13.6. The van der Waals surface area contributed by atoms with Crippen LogP contribution in [0.25, 0.3) is 21.7 Å². The van der Waals surface area contributed by atoms with Crippen LogP contribution in [0.1, 0.15) is 11.3 Å². The topological polar surface area (TPSA) is 103 Å². The predicted molar refractivity (Wildman–Crippen MR) is 108 cm³/mol. The molecule has 0 atom stereocenters. The number of ether oxygens (including phenoxy) is 1. The quantitative estimate of drug-likeness (QED) is 0.533. The molecule has 1 aromatic carbocycles. The Morgan fingerprint density at radius 1 is 1.11 bits per heavy atom. The van der Waals surface area contributed by atoms with Crippen molar-refractivity contribution in [2.45, 2.75) is 13.8 Å². The van der Waals surface area contributed by atoms with E-state index in [0.717, 1.165) is 33.1 Å². The summed E-state index contributed by atoms with van der Waals surface area (Å²) >= 11 is 2.45. The number of nitrogens with one attached hydrogen (secondary N) is 1. The molecule has 140 valence electrons. The molecule has 0 saturated heterocycles. The molecular weight excluding hydrogens is 396 g/mol. The Hall–Kier alpha value is -3.24. The van der Waals surface area contributed by atoms with Gasteiger partial charge in [-0.2, -0.15) is 0 Å². The van der Waals surface area contributed by atoms with Gasteiger partial charge in [0.2, 0.25) is 5.06 Å². The lowest BCUT2D eigenvalue weighted by molar-refractivity contribution is 0.216. The normalized spacial score (nSPS) is 10.6. The van der Waals surface area contributed by atoms with E-state index in [1.807, 2.05) is 19.1 Å². The largest absolute Gasteiger partial charge is 0.419 e. The number of aromatic nitrogens is 5. The predicted octanol–water partition coefficient (Wildman–Crippen LogP) is 4.35. The van der Waals surface area contributed by atoms with Gasteiger partial charge in [0.25, 0.3) is 0 Å². The first kappa shape index (κ1) is 18.1. The molecular formula is C18H14N6O2S2. The van der Waals surface area contributed by atoms with Crippen molar-refractivity contribution in [1.29, 1.82) is 0 Å². The molecule has 0 radical (unpaired) electrons. The molecule has 1 N–H and O–H groups in total. The van der Waals surface area contributed by atoms with E-state index in [2.05, 4.69) is 41.4 Å². The molecule has 28 heavy (non-hydrogen) atoms. The third kappa shape index (κ3) is 3.87. The molecule has 0 spiro atoms. The van der Waals surface area contributed by atoms with Crippen LogP contribution in [0.2, 0.25) is 0 Å². The molecule has 4 rings (SSSR count). The van der Waals surface area contributed by atoms with Gasteiger partial charge in [-0.15, -0.1) is 5.10 Å². The van der Waals surface area contributed by atoms with Crippen LogP contribution in [0, 0.1) is 13.8 Å². The van der Waals surface area contributed by atoms with Crippen molar-refractivity contribution in [3.63, 3.8) is 0 Å². The van der Waals surface area contributed by atoms with E-state index in [-0.39, 0.29) is 0 Å². The van der Waals surface area contributed by atoms with E-state index in [1.165, 1.54) is 17.7 Å². The summed E-state index contributed by atoms with van der Waals surface area (Å²) in [6.45, 7) is 3.73. The number of benzene rings is 1. The molecule has 0 saturated carbocycles. The Morgan fingerprint density at radius 2 is 2.00 bits per heavy atom. The fraction of sp³-hybridized carbons (Fsp3) is 0.111. The fourth-order valence-corrected chi connectivity index (χ4v) is 3.59. The molecule has 0 bridgehead atoms. The summed E-state index contributed by atoms with van der Waals surface area (Å²) in [6.07, 6.45) is 4.23. The van der Waals surface area contributed by atoms with Crippen molar-refractivity contribution in [2.75, 3.05) is 5.32 Å². The highest BCUT2D eigenvalue weighted by molar-refractivity contribution is 7.09. The Labute approximate surface area is 168 Å². The number of hydrogen-bond acceptors (Lipinski definition) is 9. The number of amides is 1. The SMILES string of the molecule is Cc1ccc(-c2ccns2)cc1-c1cnc(NC(=O)Oc2snnc2C)cn1. The lowest BCUT2D eigenvalue weighted by atomic mass is 10.0. The molecule has 3 aromatic heterocycles. The number of carbonyl (C=O) groups excluding carboxylic acids is 1. The zero-order valence-electron chi connectivity index (χ0n) is 14.9. The van der Waals surface area contributed by atoms with Crippen molar-refractivity contribution >= 4 is 35.0 Å². The number of carbonyl (C=O) groups is 1. The molecule has 8 nitrogen and oxygen atoms in total. The van der Waals surface area contributed by atoms with Crippen molar-refractivity contribution in [2.24, 2.45) is 0 Å². The van der Waals surface area contributed by atoms with Gasteiger partial charge >= 0.3 is 6.09 Å². The van der Waals surface area contributed by atoms with Crippen LogP contribution in [-0.2, 0) is 0 Å². The van der Waals surface area contributed by atoms with Gasteiger partial charge in [-0.05, 0) is 48.6 Å². The minimum atomic E-state index is -0.667. The lowest BCUT2D eigenvalue weighted by Crippen LogP contribution is -2.17. The van der Waals surface area contributed by atoms with Crippen LogP contribution in [0.15, 0.2) is 42.9 Å². The van der Waals surface area contributed by atoms with E-state index in [9.17, 15) is 4.79 Å². The van der Waals surface area contributed by atoms with Crippen molar-refractivity contribution in [3.8, 4) is 26.8 Å². The van der Waals surface area contributed by atoms with Gasteiger partial charge in [-0.25, -0.2) is 14.2 Å². The smallest absolute Gasteiger partial charge is 0.395 e. The Bertz CT molecular complexity index is 1110. The fourth-order valence-electron chi connectivity index (χ4n) is 2.48. The van der Waals surface area contributed by atoms with Gasteiger partial charge in [0.05, 0.1) is 23.0 Å². The second-order valence-electron chi connectivity index (χ2n) is 5.85. The van der Waals surface area contributed by atoms with Crippen LogP contribution in [0.4, 0.5) is 10.6 Å². The van der Waals surface area contributed by atoms with Gasteiger partial charge < -0.3 is 4.74 Å². The second kappa shape index (κ2) is 7.79. The third-order valence-electron chi connectivity index (χ3n) is 3.91. The van der Waals surface area contributed by atoms with Crippen LogP contribution >= 0.6 is 23.1 Å². The van der Waals surface area contributed by atoms with E-state index >= 15 is 0 Å². The first-order valence-corrected chi connectivity index (χ1v) is 9.77. The zero-order chi connectivity index (χ0) is 19.5. The van der Waals surface area contributed by atoms with Gasteiger partial charge in [-0.1, -0.05) is 16.6 Å². The molecule has 0 fully saturated rings. The van der Waals surface area contributed by atoms with E-state index < -0.39 is 6.09 Å². The van der Waals surface area contributed by atoms with Crippen LogP contribution in [0.5, 0.6) is 5.06 Å². The maximum atomic E-state index is 12.0. The Morgan fingerprint density at radius 3 is 2.68 bits per heavy atom. The van der Waals surface area contributed by atoms with Gasteiger partial charge in [0, 0.05) is 23.3 Å². The highest BCUT2D eigenvalue weighted by Gasteiger charge is 2.12. The molecule has 0 aliphatic carbocycles. The number of rotatable bonds is 4. The van der Waals surface area contributed by atoms with Crippen molar-refractivity contribution < 1.29 is 9.53 Å². The summed E-state index contributed by atoms with van der Waals surface area (Å²) in [5.41, 5.74) is 4.39. The number of nitrogens with zero attached hydrogens (tertiary/aromatic N) is 5.